The van der Waals surface area contributed by atoms with Crippen LogP contribution in [0.4, 0.5) is 4.79 Å². The summed E-state index contributed by atoms with van der Waals surface area (Å²) in [7, 11) is 1.54. The Kier molecular flexibility index (Phi) is 1.44. The van der Waals surface area contributed by atoms with Crippen molar-refractivity contribution in [2.45, 2.75) is 4.95 Å². The Morgan fingerprint density at radius 1 is 1.67 bits per heavy atom. The van der Waals surface area contributed by atoms with Crippen molar-refractivity contribution in [2.75, 3.05) is 7.05 Å². The largest absolute Gasteiger partial charge is 0.325 e. The van der Waals surface area contributed by atoms with Crippen LogP contribution < -0.4 is 5.32 Å². The average Bonchev–Trinajstić information content (AvgIpc) is 1.98. The Bertz CT molecular complexity index is 152. The van der Waals surface area contributed by atoms with E-state index in [-0.39, 0.29) is 11.9 Å². The number of hydrogen-bond acceptors (Lipinski definition) is 2. The van der Waals surface area contributed by atoms with Crippen molar-refractivity contribution >= 4 is 27.9 Å². The Hall–Kier alpha value is -0.580. The van der Waals surface area contributed by atoms with Gasteiger partial charge in [0, 0.05) is 7.05 Å². The number of nitrogens with zero attached hydrogens (tertiary/aromatic N) is 1. The number of likely N-dealkylation sites (N-methyl/N-ethyl adjacent to an activating group) is 1. The molecule has 50 valence electrons. The topological polar surface area (TPSA) is 49.4 Å². The Morgan fingerprint density at radius 2 is 2.22 bits per heavy atom. The van der Waals surface area contributed by atoms with E-state index in [4.69, 9.17) is 0 Å². The first-order valence-corrected chi connectivity index (χ1v) is 3.26. The Labute approximate surface area is 60.3 Å². The van der Waals surface area contributed by atoms with Crippen LogP contribution in [0.15, 0.2) is 0 Å². The van der Waals surface area contributed by atoms with Crippen molar-refractivity contribution in [3.05, 3.63) is 0 Å². The summed E-state index contributed by atoms with van der Waals surface area (Å²) >= 11 is 3.00. The highest BCUT2D eigenvalue weighted by atomic mass is 79.9. The first-order valence-electron chi connectivity index (χ1n) is 2.34. The van der Waals surface area contributed by atoms with Crippen molar-refractivity contribution < 1.29 is 9.59 Å². The molecule has 3 amide bonds. The third-order valence-electron chi connectivity index (χ3n) is 1.11. The van der Waals surface area contributed by atoms with Crippen LogP contribution >= 0.6 is 15.9 Å². The van der Waals surface area contributed by atoms with Crippen LogP contribution in [0.1, 0.15) is 0 Å². The molecule has 1 rings (SSSR count). The van der Waals surface area contributed by atoms with Gasteiger partial charge in [-0.3, -0.25) is 10.1 Å². The van der Waals surface area contributed by atoms with E-state index < -0.39 is 4.95 Å². The first kappa shape index (κ1) is 6.54. The van der Waals surface area contributed by atoms with Crippen LogP contribution in [0, 0.1) is 0 Å². The van der Waals surface area contributed by atoms with Crippen LogP contribution in [-0.2, 0) is 4.79 Å². The fourth-order valence-electron chi connectivity index (χ4n) is 0.532. The number of alkyl halides is 1. The minimum absolute atomic E-state index is 0.303. The molecule has 1 N–H and O–H groups in total. The monoisotopic (exact) mass is 192 g/mol. The van der Waals surface area contributed by atoms with E-state index in [0.29, 0.717) is 0 Å². The van der Waals surface area contributed by atoms with E-state index >= 15 is 0 Å². The molecule has 9 heavy (non-hydrogen) atoms. The molecule has 1 aliphatic heterocycles. The van der Waals surface area contributed by atoms with Crippen LogP contribution in [0.25, 0.3) is 0 Å². The maximum Gasteiger partial charge on any atom is 0.325 e. The standard InChI is InChI=1S/C4H5BrN2O2/c1-7-2(5)3(8)6-4(7)9/h2H,1H3,(H,6,8,9). The molecule has 4 nitrogen and oxygen atoms in total. The van der Waals surface area contributed by atoms with Gasteiger partial charge < -0.3 is 4.90 Å². The number of hydrogen-bond donors (Lipinski definition) is 1. The Balaban J connectivity index is 2.77. The van der Waals surface area contributed by atoms with Crippen LogP contribution in [0.2, 0.25) is 0 Å². The lowest BCUT2D eigenvalue weighted by atomic mass is 10.6. The number of urea groups is 1. The van der Waals surface area contributed by atoms with Gasteiger partial charge in [0.2, 0.25) is 0 Å². The predicted molar refractivity (Wildman–Crippen MR) is 34.0 cm³/mol. The third kappa shape index (κ3) is 0.917. The van der Waals surface area contributed by atoms with Gasteiger partial charge in [-0.25, -0.2) is 4.79 Å². The van der Waals surface area contributed by atoms with Crippen LogP contribution in [-0.4, -0.2) is 28.8 Å². The zero-order valence-corrected chi connectivity index (χ0v) is 6.31. The minimum atomic E-state index is -0.495. The molecular formula is C4H5BrN2O2. The van der Waals surface area contributed by atoms with Gasteiger partial charge in [-0.1, -0.05) is 15.9 Å². The molecule has 5 heteroatoms. The number of amides is 3. The highest BCUT2D eigenvalue weighted by Crippen LogP contribution is 2.10. The van der Waals surface area contributed by atoms with Gasteiger partial charge >= 0.3 is 6.03 Å². The maximum atomic E-state index is 10.6. The summed E-state index contributed by atoms with van der Waals surface area (Å²) in [6.07, 6.45) is 0. The van der Waals surface area contributed by atoms with Gasteiger partial charge in [0.25, 0.3) is 5.91 Å². The SMILES string of the molecule is CN1C(=O)NC(=O)C1Br. The summed E-state index contributed by atoms with van der Waals surface area (Å²) in [5, 5.41) is 2.12. The lowest BCUT2D eigenvalue weighted by Crippen LogP contribution is -2.26. The van der Waals surface area contributed by atoms with E-state index in [1.165, 1.54) is 4.90 Å². The molecule has 0 aromatic carbocycles. The lowest BCUT2D eigenvalue weighted by Gasteiger charge is -2.07. The summed E-state index contributed by atoms with van der Waals surface area (Å²) in [6.45, 7) is 0. The fourth-order valence-corrected chi connectivity index (χ4v) is 0.832. The summed E-state index contributed by atoms with van der Waals surface area (Å²) in [5.74, 6) is -0.303. The fraction of sp³-hybridized carbons (Fsp3) is 0.500. The van der Waals surface area contributed by atoms with E-state index in [1.54, 1.807) is 7.05 Å². The zero-order valence-electron chi connectivity index (χ0n) is 4.72. The minimum Gasteiger partial charge on any atom is -0.306 e. The summed E-state index contributed by atoms with van der Waals surface area (Å²) in [6, 6.07) is -0.359. The smallest absolute Gasteiger partial charge is 0.306 e. The van der Waals surface area contributed by atoms with E-state index in [2.05, 4.69) is 21.2 Å². The second kappa shape index (κ2) is 1.98. The van der Waals surface area contributed by atoms with Gasteiger partial charge in [-0.2, -0.15) is 0 Å². The second-order valence-corrected chi connectivity index (χ2v) is 2.61. The molecule has 0 radical (unpaired) electrons. The van der Waals surface area contributed by atoms with Gasteiger partial charge in [0.05, 0.1) is 0 Å². The molecular weight excluding hydrogens is 188 g/mol. The van der Waals surface area contributed by atoms with Gasteiger partial charge in [-0.15, -0.1) is 0 Å². The Morgan fingerprint density at radius 3 is 2.33 bits per heavy atom. The van der Waals surface area contributed by atoms with Crippen LogP contribution in [0.3, 0.4) is 0 Å². The van der Waals surface area contributed by atoms with Crippen molar-refractivity contribution in [1.29, 1.82) is 0 Å². The van der Waals surface area contributed by atoms with Gasteiger partial charge in [0.1, 0.15) is 0 Å². The van der Waals surface area contributed by atoms with Crippen molar-refractivity contribution in [2.24, 2.45) is 0 Å². The summed E-state index contributed by atoms with van der Waals surface area (Å²) < 4.78 is 0. The normalized spacial score (nSPS) is 26.9. The molecule has 1 aliphatic rings. The summed E-state index contributed by atoms with van der Waals surface area (Å²) in [5.41, 5.74) is 0. The quantitative estimate of drug-likeness (QED) is 0.331. The molecule has 0 bridgehead atoms. The van der Waals surface area contributed by atoms with E-state index in [9.17, 15) is 9.59 Å². The van der Waals surface area contributed by atoms with Gasteiger partial charge in [-0.05, 0) is 0 Å². The van der Waals surface area contributed by atoms with Crippen molar-refractivity contribution in [3.63, 3.8) is 0 Å². The van der Waals surface area contributed by atoms with Crippen molar-refractivity contribution in [3.8, 4) is 0 Å². The third-order valence-corrected chi connectivity index (χ3v) is 2.14. The molecule has 1 atom stereocenters. The molecule has 0 spiro atoms. The number of nitrogens with one attached hydrogen (secondary N) is 1. The van der Waals surface area contributed by atoms with Gasteiger partial charge in [0.15, 0.2) is 4.95 Å². The molecule has 0 saturated carbocycles. The number of carbonyl (C=O) groups excluding carboxylic acids is 2. The molecule has 1 fully saturated rings. The van der Waals surface area contributed by atoms with E-state index in [1.807, 2.05) is 0 Å². The molecule has 1 saturated heterocycles. The van der Waals surface area contributed by atoms with Crippen molar-refractivity contribution in [1.82, 2.24) is 10.2 Å². The zero-order chi connectivity index (χ0) is 7.02. The van der Waals surface area contributed by atoms with Crippen LogP contribution in [0.5, 0.6) is 0 Å². The van der Waals surface area contributed by atoms with E-state index in [0.717, 1.165) is 0 Å². The second-order valence-electron chi connectivity index (χ2n) is 1.74. The maximum absolute atomic E-state index is 10.6. The number of imide groups is 1. The molecule has 0 aromatic heterocycles. The first-order chi connectivity index (χ1) is 4.13. The number of carbonyl (C=O) groups is 2. The molecule has 0 aromatic rings. The average molecular weight is 193 g/mol. The molecule has 1 heterocycles. The number of rotatable bonds is 0. The highest BCUT2D eigenvalue weighted by Gasteiger charge is 2.32. The number of halogens is 1. The molecule has 1 unspecified atom stereocenters. The molecule has 0 aliphatic carbocycles. The predicted octanol–water partition coefficient (Wildman–Crippen LogP) is -0.111. The highest BCUT2D eigenvalue weighted by molar-refractivity contribution is 9.10. The summed E-state index contributed by atoms with van der Waals surface area (Å²) in [4.78, 5) is 21.9. The lowest BCUT2D eigenvalue weighted by molar-refractivity contribution is -0.119.